The lowest BCUT2D eigenvalue weighted by Crippen LogP contribution is -2.43. The summed E-state index contributed by atoms with van der Waals surface area (Å²) in [5, 5.41) is 0. The molecule has 1 amide bonds. The molecule has 4 nitrogen and oxygen atoms in total. The van der Waals surface area contributed by atoms with Crippen molar-refractivity contribution in [1.82, 2.24) is 4.90 Å². The van der Waals surface area contributed by atoms with E-state index >= 15 is 0 Å². The summed E-state index contributed by atoms with van der Waals surface area (Å²) in [5.41, 5.74) is -0.489. The van der Waals surface area contributed by atoms with Gasteiger partial charge in [-0.05, 0) is 40.0 Å². The van der Waals surface area contributed by atoms with E-state index in [9.17, 15) is 9.59 Å². The lowest BCUT2D eigenvalue weighted by atomic mass is 10.1. The Balaban J connectivity index is 2.53. The maximum absolute atomic E-state index is 12.1. The smallest absolute Gasteiger partial charge is 0.329 e. The molecule has 0 aromatic heterocycles. The summed E-state index contributed by atoms with van der Waals surface area (Å²) in [6, 6.07) is -0.367. The summed E-state index contributed by atoms with van der Waals surface area (Å²) in [6.45, 7) is 8.37. The summed E-state index contributed by atoms with van der Waals surface area (Å²) in [6.07, 6.45) is 5.25. The third-order valence-electron chi connectivity index (χ3n) is 3.25. The van der Waals surface area contributed by atoms with Gasteiger partial charge in [0, 0.05) is 13.0 Å². The van der Waals surface area contributed by atoms with Crippen molar-refractivity contribution in [1.29, 1.82) is 0 Å². The van der Waals surface area contributed by atoms with Gasteiger partial charge in [0.25, 0.3) is 0 Å². The molecule has 1 rings (SSSR count). The fourth-order valence-electron chi connectivity index (χ4n) is 2.35. The van der Waals surface area contributed by atoms with E-state index in [1.807, 2.05) is 20.8 Å². The Morgan fingerprint density at radius 1 is 1.26 bits per heavy atom. The van der Waals surface area contributed by atoms with E-state index in [-0.39, 0.29) is 17.9 Å². The van der Waals surface area contributed by atoms with Crippen LogP contribution in [0, 0.1) is 0 Å². The summed E-state index contributed by atoms with van der Waals surface area (Å²) >= 11 is 0. The van der Waals surface area contributed by atoms with Gasteiger partial charge in [-0.25, -0.2) is 4.79 Å². The van der Waals surface area contributed by atoms with Crippen LogP contribution in [0.15, 0.2) is 0 Å². The third kappa shape index (κ3) is 5.21. The van der Waals surface area contributed by atoms with Crippen LogP contribution in [-0.2, 0) is 14.3 Å². The minimum Gasteiger partial charge on any atom is -0.458 e. The number of ether oxygens (including phenoxy) is 1. The molecule has 0 aliphatic carbocycles. The van der Waals surface area contributed by atoms with Crippen LogP contribution in [0.25, 0.3) is 0 Å². The van der Waals surface area contributed by atoms with Crippen molar-refractivity contribution in [3.63, 3.8) is 0 Å². The molecule has 1 saturated heterocycles. The molecule has 0 unspecified atom stereocenters. The van der Waals surface area contributed by atoms with Crippen LogP contribution in [0.2, 0.25) is 0 Å². The number of nitrogens with zero attached hydrogens (tertiary/aromatic N) is 1. The average Bonchev–Trinajstić information content (AvgIpc) is 2.75. The number of carbonyl (C=O) groups is 2. The Labute approximate surface area is 116 Å². The number of rotatable bonds is 5. The van der Waals surface area contributed by atoms with Gasteiger partial charge in [-0.15, -0.1) is 0 Å². The SMILES string of the molecule is CCCCCC(=O)N1CCC[C@@H]1C(=O)OC(C)(C)C. The second-order valence-electron chi connectivity index (χ2n) is 6.24. The van der Waals surface area contributed by atoms with Gasteiger partial charge in [0.2, 0.25) is 5.91 Å². The summed E-state index contributed by atoms with van der Waals surface area (Å²) < 4.78 is 5.39. The topological polar surface area (TPSA) is 46.6 Å². The van der Waals surface area contributed by atoms with Crippen molar-refractivity contribution in [3.8, 4) is 0 Å². The molecule has 0 aromatic carbocycles. The van der Waals surface area contributed by atoms with Crippen LogP contribution in [0.1, 0.15) is 66.2 Å². The van der Waals surface area contributed by atoms with Crippen LogP contribution >= 0.6 is 0 Å². The van der Waals surface area contributed by atoms with Crippen LogP contribution in [0.5, 0.6) is 0 Å². The average molecular weight is 269 g/mol. The Hall–Kier alpha value is -1.06. The van der Waals surface area contributed by atoms with Crippen LogP contribution < -0.4 is 0 Å². The molecule has 1 aliphatic heterocycles. The Morgan fingerprint density at radius 3 is 2.53 bits per heavy atom. The Morgan fingerprint density at radius 2 is 1.95 bits per heavy atom. The standard InChI is InChI=1S/C15H27NO3/c1-5-6-7-10-13(17)16-11-8-9-12(16)14(18)19-15(2,3)4/h12H,5-11H2,1-4H3/t12-/m1/s1. The van der Waals surface area contributed by atoms with Gasteiger partial charge in [-0.1, -0.05) is 19.8 Å². The zero-order valence-corrected chi connectivity index (χ0v) is 12.7. The van der Waals surface area contributed by atoms with Crippen molar-refractivity contribution in [2.75, 3.05) is 6.54 Å². The number of hydrogen-bond acceptors (Lipinski definition) is 3. The van der Waals surface area contributed by atoms with E-state index in [2.05, 4.69) is 6.92 Å². The molecular formula is C15H27NO3. The third-order valence-corrected chi connectivity index (χ3v) is 3.25. The van der Waals surface area contributed by atoms with Gasteiger partial charge in [-0.3, -0.25) is 4.79 Å². The molecule has 4 heteroatoms. The van der Waals surface area contributed by atoms with Gasteiger partial charge < -0.3 is 9.64 Å². The number of unbranched alkanes of at least 4 members (excludes halogenated alkanes) is 2. The van der Waals surface area contributed by atoms with E-state index in [0.717, 1.165) is 32.1 Å². The second-order valence-corrected chi connectivity index (χ2v) is 6.24. The predicted octanol–water partition coefficient (Wildman–Crippen LogP) is 2.90. The molecule has 0 radical (unpaired) electrons. The van der Waals surface area contributed by atoms with E-state index in [1.54, 1.807) is 4.90 Å². The lowest BCUT2D eigenvalue weighted by Gasteiger charge is -2.27. The highest BCUT2D eigenvalue weighted by Gasteiger charge is 2.36. The fourth-order valence-corrected chi connectivity index (χ4v) is 2.35. The van der Waals surface area contributed by atoms with E-state index in [1.165, 1.54) is 0 Å². The Kier molecular flexibility index (Phi) is 5.83. The predicted molar refractivity (Wildman–Crippen MR) is 74.7 cm³/mol. The molecule has 1 atom stereocenters. The largest absolute Gasteiger partial charge is 0.458 e. The summed E-state index contributed by atoms with van der Waals surface area (Å²) in [7, 11) is 0. The summed E-state index contributed by atoms with van der Waals surface area (Å²) in [5.74, 6) is -0.157. The van der Waals surface area contributed by atoms with E-state index in [0.29, 0.717) is 13.0 Å². The number of esters is 1. The molecule has 0 spiro atoms. The number of hydrogen-bond donors (Lipinski definition) is 0. The molecule has 0 bridgehead atoms. The van der Waals surface area contributed by atoms with Gasteiger partial charge in [0.05, 0.1) is 0 Å². The number of amides is 1. The molecule has 110 valence electrons. The highest BCUT2D eigenvalue weighted by atomic mass is 16.6. The maximum Gasteiger partial charge on any atom is 0.329 e. The minimum atomic E-state index is -0.489. The molecular weight excluding hydrogens is 242 g/mol. The second kappa shape index (κ2) is 6.92. The van der Waals surface area contributed by atoms with Gasteiger partial charge in [-0.2, -0.15) is 0 Å². The van der Waals surface area contributed by atoms with E-state index in [4.69, 9.17) is 4.74 Å². The van der Waals surface area contributed by atoms with Crippen molar-refractivity contribution >= 4 is 11.9 Å². The quantitative estimate of drug-likeness (QED) is 0.569. The van der Waals surface area contributed by atoms with Crippen molar-refractivity contribution in [3.05, 3.63) is 0 Å². The first-order chi connectivity index (χ1) is 8.85. The molecule has 0 saturated carbocycles. The monoisotopic (exact) mass is 269 g/mol. The number of carbonyl (C=O) groups excluding carboxylic acids is 2. The molecule has 1 heterocycles. The first kappa shape index (κ1) is 16.0. The highest BCUT2D eigenvalue weighted by Crippen LogP contribution is 2.22. The van der Waals surface area contributed by atoms with Gasteiger partial charge in [0.15, 0.2) is 0 Å². The zero-order chi connectivity index (χ0) is 14.5. The first-order valence-electron chi connectivity index (χ1n) is 7.37. The number of likely N-dealkylation sites (tertiary alicyclic amines) is 1. The Bertz CT molecular complexity index is 320. The van der Waals surface area contributed by atoms with Crippen molar-refractivity contribution in [2.45, 2.75) is 77.9 Å². The van der Waals surface area contributed by atoms with Gasteiger partial charge >= 0.3 is 5.97 Å². The summed E-state index contributed by atoms with van der Waals surface area (Å²) in [4.78, 5) is 25.9. The highest BCUT2D eigenvalue weighted by molar-refractivity contribution is 5.85. The maximum atomic E-state index is 12.1. The molecule has 19 heavy (non-hydrogen) atoms. The van der Waals surface area contributed by atoms with Gasteiger partial charge in [0.1, 0.15) is 11.6 Å². The van der Waals surface area contributed by atoms with E-state index < -0.39 is 5.60 Å². The lowest BCUT2D eigenvalue weighted by molar-refractivity contribution is -0.163. The van der Waals surface area contributed by atoms with Crippen LogP contribution in [0.4, 0.5) is 0 Å². The van der Waals surface area contributed by atoms with Crippen molar-refractivity contribution < 1.29 is 14.3 Å². The first-order valence-corrected chi connectivity index (χ1v) is 7.37. The molecule has 1 fully saturated rings. The van der Waals surface area contributed by atoms with Crippen molar-refractivity contribution in [2.24, 2.45) is 0 Å². The molecule has 1 aliphatic rings. The molecule has 0 N–H and O–H groups in total. The zero-order valence-electron chi connectivity index (χ0n) is 12.7. The van der Waals surface area contributed by atoms with Crippen LogP contribution in [0.3, 0.4) is 0 Å². The minimum absolute atomic E-state index is 0.0989. The molecule has 0 aromatic rings. The normalized spacial score (nSPS) is 19.6. The fraction of sp³-hybridized carbons (Fsp3) is 0.867. The van der Waals surface area contributed by atoms with Crippen LogP contribution in [-0.4, -0.2) is 35.0 Å².